The van der Waals surface area contributed by atoms with E-state index in [-0.39, 0.29) is 4.91 Å². The molecule has 8 heteroatoms. The highest BCUT2D eigenvalue weighted by atomic mass is 35.5. The standard InChI is InChI=1S/C20H16ClNO4S2/c1-12(19(24)26-2)22-18(23)17(28-20(22)25)11-13-3-7-15(8-4-13)27-16-9-5-14(21)6-10-16/h3-12H,1-2H3/b17-11+/t12-/m0/s1. The number of halogens is 1. The smallest absolute Gasteiger partial charge is 0.328 e. The number of amides is 2. The molecular formula is C20H16ClNO4S2. The number of esters is 1. The molecule has 144 valence electrons. The lowest BCUT2D eigenvalue weighted by Crippen LogP contribution is -2.42. The van der Waals surface area contributed by atoms with E-state index in [2.05, 4.69) is 4.74 Å². The van der Waals surface area contributed by atoms with Gasteiger partial charge in [0.15, 0.2) is 0 Å². The first kappa shape index (κ1) is 20.5. The molecule has 0 unspecified atom stereocenters. The number of rotatable bonds is 5. The monoisotopic (exact) mass is 433 g/mol. The van der Waals surface area contributed by atoms with Crippen LogP contribution in [0.5, 0.6) is 0 Å². The van der Waals surface area contributed by atoms with Crippen molar-refractivity contribution in [2.75, 3.05) is 7.11 Å². The molecule has 0 saturated carbocycles. The van der Waals surface area contributed by atoms with Crippen LogP contribution < -0.4 is 0 Å². The van der Waals surface area contributed by atoms with Gasteiger partial charge in [0.2, 0.25) is 0 Å². The molecule has 0 aromatic heterocycles. The van der Waals surface area contributed by atoms with Gasteiger partial charge in [0.25, 0.3) is 11.1 Å². The minimum atomic E-state index is -0.957. The topological polar surface area (TPSA) is 63.7 Å². The predicted octanol–water partition coefficient (Wildman–Crippen LogP) is 5.09. The molecule has 5 nitrogen and oxygen atoms in total. The van der Waals surface area contributed by atoms with Crippen molar-refractivity contribution in [3.63, 3.8) is 0 Å². The summed E-state index contributed by atoms with van der Waals surface area (Å²) in [6, 6.07) is 14.2. The van der Waals surface area contributed by atoms with Crippen molar-refractivity contribution in [1.29, 1.82) is 0 Å². The van der Waals surface area contributed by atoms with Crippen LogP contribution in [0.4, 0.5) is 4.79 Å². The van der Waals surface area contributed by atoms with E-state index >= 15 is 0 Å². The normalized spacial score (nSPS) is 16.5. The molecule has 1 heterocycles. The Hall–Kier alpha value is -2.22. The lowest BCUT2D eigenvalue weighted by Gasteiger charge is -2.18. The predicted molar refractivity (Wildman–Crippen MR) is 111 cm³/mol. The maximum absolute atomic E-state index is 12.5. The number of hydrogen-bond acceptors (Lipinski definition) is 6. The lowest BCUT2D eigenvalue weighted by atomic mass is 10.2. The highest BCUT2D eigenvalue weighted by Crippen LogP contribution is 2.34. The van der Waals surface area contributed by atoms with Gasteiger partial charge >= 0.3 is 5.97 Å². The van der Waals surface area contributed by atoms with Gasteiger partial charge in [-0.15, -0.1) is 0 Å². The van der Waals surface area contributed by atoms with Crippen LogP contribution in [0.2, 0.25) is 5.02 Å². The Morgan fingerprint density at radius 2 is 1.68 bits per heavy atom. The molecule has 0 N–H and O–H groups in total. The number of carbonyl (C=O) groups is 3. The fraction of sp³-hybridized carbons (Fsp3) is 0.150. The van der Waals surface area contributed by atoms with Gasteiger partial charge in [0.05, 0.1) is 12.0 Å². The highest BCUT2D eigenvalue weighted by molar-refractivity contribution is 8.18. The minimum Gasteiger partial charge on any atom is -0.467 e. The number of imide groups is 1. The maximum Gasteiger partial charge on any atom is 0.328 e. The van der Waals surface area contributed by atoms with Gasteiger partial charge in [-0.2, -0.15) is 0 Å². The molecule has 0 spiro atoms. The Balaban J connectivity index is 1.73. The second-order valence-electron chi connectivity index (χ2n) is 5.88. The summed E-state index contributed by atoms with van der Waals surface area (Å²) in [5.41, 5.74) is 0.789. The molecule has 0 bridgehead atoms. The SMILES string of the molecule is COC(=O)[C@H](C)N1C(=O)S/C(=C/c2ccc(Sc3ccc(Cl)cc3)cc2)C1=O. The Morgan fingerprint density at radius 3 is 2.25 bits per heavy atom. The number of carbonyl (C=O) groups excluding carboxylic acids is 3. The Morgan fingerprint density at radius 1 is 1.11 bits per heavy atom. The summed E-state index contributed by atoms with van der Waals surface area (Å²) in [6.45, 7) is 1.47. The number of hydrogen-bond donors (Lipinski definition) is 0. The van der Waals surface area contributed by atoms with E-state index in [0.29, 0.717) is 5.02 Å². The van der Waals surface area contributed by atoms with Crippen molar-refractivity contribution >= 4 is 58.3 Å². The molecule has 3 rings (SSSR count). The third kappa shape index (κ3) is 4.60. The maximum atomic E-state index is 12.5. The molecular weight excluding hydrogens is 418 g/mol. The third-order valence-electron chi connectivity index (χ3n) is 3.98. The van der Waals surface area contributed by atoms with Crippen LogP contribution in [0.25, 0.3) is 6.08 Å². The first-order valence-electron chi connectivity index (χ1n) is 8.27. The molecule has 2 aromatic rings. The molecule has 1 atom stereocenters. The molecule has 2 aromatic carbocycles. The number of nitrogens with zero attached hydrogens (tertiary/aromatic N) is 1. The molecule has 1 saturated heterocycles. The van der Waals surface area contributed by atoms with Crippen LogP contribution in [0.3, 0.4) is 0 Å². The summed E-state index contributed by atoms with van der Waals surface area (Å²) in [6.07, 6.45) is 1.64. The summed E-state index contributed by atoms with van der Waals surface area (Å²) in [7, 11) is 1.22. The lowest BCUT2D eigenvalue weighted by molar-refractivity contribution is -0.148. The molecule has 0 aliphatic carbocycles. The molecule has 28 heavy (non-hydrogen) atoms. The Bertz CT molecular complexity index is 942. The summed E-state index contributed by atoms with van der Waals surface area (Å²) < 4.78 is 4.62. The van der Waals surface area contributed by atoms with Crippen molar-refractivity contribution in [1.82, 2.24) is 4.90 Å². The van der Waals surface area contributed by atoms with Crippen molar-refractivity contribution in [2.24, 2.45) is 0 Å². The zero-order chi connectivity index (χ0) is 20.3. The minimum absolute atomic E-state index is 0.277. The third-order valence-corrected chi connectivity index (χ3v) is 6.13. The van der Waals surface area contributed by atoms with E-state index in [1.54, 1.807) is 17.8 Å². The second-order valence-corrected chi connectivity index (χ2v) is 8.45. The summed E-state index contributed by atoms with van der Waals surface area (Å²) in [5, 5.41) is 0.208. The Labute approximate surface area is 176 Å². The van der Waals surface area contributed by atoms with Gasteiger partial charge in [-0.3, -0.25) is 14.5 Å². The van der Waals surface area contributed by atoms with E-state index in [9.17, 15) is 14.4 Å². The van der Waals surface area contributed by atoms with E-state index in [1.165, 1.54) is 14.0 Å². The van der Waals surface area contributed by atoms with E-state index in [4.69, 9.17) is 11.6 Å². The number of methoxy groups -OCH3 is 1. The van der Waals surface area contributed by atoms with Crippen molar-refractivity contribution in [3.8, 4) is 0 Å². The molecule has 1 aliphatic heterocycles. The Kier molecular flexibility index (Phi) is 6.49. The number of ether oxygens (including phenoxy) is 1. The van der Waals surface area contributed by atoms with Gasteiger partial charge < -0.3 is 4.74 Å². The molecule has 1 aliphatic rings. The first-order valence-corrected chi connectivity index (χ1v) is 10.3. The second kappa shape index (κ2) is 8.86. The highest BCUT2D eigenvalue weighted by Gasteiger charge is 2.41. The van der Waals surface area contributed by atoms with Gasteiger partial charge in [0.1, 0.15) is 6.04 Å². The first-order chi connectivity index (χ1) is 13.4. The van der Waals surface area contributed by atoms with Gasteiger partial charge in [-0.25, -0.2) is 4.79 Å². The average molecular weight is 434 g/mol. The molecule has 0 radical (unpaired) electrons. The fourth-order valence-electron chi connectivity index (χ4n) is 2.51. The van der Waals surface area contributed by atoms with Crippen molar-refractivity contribution in [3.05, 3.63) is 64.0 Å². The summed E-state index contributed by atoms with van der Waals surface area (Å²) in [5.74, 6) is -1.13. The average Bonchev–Trinajstić information content (AvgIpc) is 2.97. The van der Waals surface area contributed by atoms with Crippen LogP contribution in [-0.4, -0.2) is 35.2 Å². The quantitative estimate of drug-likeness (QED) is 0.483. The zero-order valence-electron chi connectivity index (χ0n) is 15.0. The zero-order valence-corrected chi connectivity index (χ0v) is 17.4. The fourth-order valence-corrected chi connectivity index (χ4v) is 4.36. The summed E-state index contributed by atoms with van der Waals surface area (Å²) >= 11 is 8.30. The van der Waals surface area contributed by atoms with Gasteiger partial charge in [-0.1, -0.05) is 35.5 Å². The van der Waals surface area contributed by atoms with Gasteiger partial charge in [-0.05, 0) is 66.7 Å². The van der Waals surface area contributed by atoms with Crippen LogP contribution >= 0.6 is 35.1 Å². The van der Waals surface area contributed by atoms with E-state index < -0.39 is 23.2 Å². The molecule has 1 fully saturated rings. The van der Waals surface area contributed by atoms with Crippen LogP contribution in [0, 0.1) is 0 Å². The van der Waals surface area contributed by atoms with Crippen LogP contribution in [0.15, 0.2) is 63.2 Å². The van der Waals surface area contributed by atoms with E-state index in [1.807, 2.05) is 48.5 Å². The van der Waals surface area contributed by atoms with Crippen LogP contribution in [-0.2, 0) is 14.3 Å². The van der Waals surface area contributed by atoms with Crippen molar-refractivity contribution in [2.45, 2.75) is 22.8 Å². The number of benzene rings is 2. The van der Waals surface area contributed by atoms with Crippen molar-refractivity contribution < 1.29 is 19.1 Å². The summed E-state index contributed by atoms with van der Waals surface area (Å²) in [4.78, 5) is 39.6. The van der Waals surface area contributed by atoms with Crippen LogP contribution in [0.1, 0.15) is 12.5 Å². The largest absolute Gasteiger partial charge is 0.467 e. The molecule has 2 amide bonds. The van der Waals surface area contributed by atoms with Gasteiger partial charge in [0, 0.05) is 14.8 Å². The van der Waals surface area contributed by atoms with E-state index in [0.717, 1.165) is 32.0 Å². The number of thioether (sulfide) groups is 1.